The zero-order valence-corrected chi connectivity index (χ0v) is 8.14. The minimum absolute atomic E-state index is 0. The molecule has 4 nitrogen and oxygen atoms in total. The summed E-state index contributed by atoms with van der Waals surface area (Å²) in [5, 5.41) is 8.35. The second-order valence-corrected chi connectivity index (χ2v) is 4.27. The van der Waals surface area contributed by atoms with Gasteiger partial charge in [0, 0.05) is 0 Å². The fraction of sp³-hybridized carbons (Fsp3) is 1.00. The number of hydrogen-bond donors (Lipinski definition) is 1. The molecule has 0 rings (SSSR count). The molecule has 0 radical (unpaired) electrons. The van der Waals surface area contributed by atoms with Gasteiger partial charge in [-0.2, -0.15) is 8.42 Å². The Morgan fingerprint density at radius 2 is 1.92 bits per heavy atom. The van der Waals surface area contributed by atoms with Gasteiger partial charge in [0.25, 0.3) is 10.1 Å². The van der Waals surface area contributed by atoms with Crippen molar-refractivity contribution in [2.75, 3.05) is 19.0 Å². The summed E-state index contributed by atoms with van der Waals surface area (Å²) in [4.78, 5) is 0. The number of unbranched alkanes of at least 4 members (excludes halogenated alkanes) is 2. The SMILES string of the molecule is CCCCCOS(=O)(=O)CCO.[KH]. The molecule has 0 aromatic rings. The number of aliphatic hydroxyl groups is 1. The molecular weight excluding hydrogens is 219 g/mol. The van der Waals surface area contributed by atoms with Crippen molar-refractivity contribution in [3.05, 3.63) is 0 Å². The summed E-state index contributed by atoms with van der Waals surface area (Å²) in [6.07, 6.45) is 2.75. The van der Waals surface area contributed by atoms with Crippen LogP contribution in [0.1, 0.15) is 26.2 Å². The molecular formula is C7H17KO4S. The van der Waals surface area contributed by atoms with Crippen LogP contribution >= 0.6 is 0 Å². The predicted molar refractivity (Wildman–Crippen MR) is 53.5 cm³/mol. The molecule has 0 aromatic carbocycles. The van der Waals surface area contributed by atoms with Crippen molar-refractivity contribution in [1.29, 1.82) is 0 Å². The van der Waals surface area contributed by atoms with E-state index in [0.29, 0.717) is 0 Å². The molecule has 0 unspecified atom stereocenters. The molecule has 0 saturated heterocycles. The topological polar surface area (TPSA) is 63.6 Å². The first-order valence-corrected chi connectivity index (χ1v) is 5.68. The summed E-state index contributed by atoms with van der Waals surface area (Å²) in [6.45, 7) is 1.88. The van der Waals surface area contributed by atoms with Gasteiger partial charge in [-0.1, -0.05) is 19.8 Å². The van der Waals surface area contributed by atoms with E-state index in [0.717, 1.165) is 19.3 Å². The van der Waals surface area contributed by atoms with E-state index in [2.05, 4.69) is 4.18 Å². The van der Waals surface area contributed by atoms with Gasteiger partial charge in [-0.05, 0) is 6.42 Å². The molecule has 0 aliphatic carbocycles. The molecule has 0 atom stereocenters. The summed E-state index contributed by atoms with van der Waals surface area (Å²) >= 11 is 0. The van der Waals surface area contributed by atoms with Gasteiger partial charge in [0.2, 0.25) is 0 Å². The van der Waals surface area contributed by atoms with Gasteiger partial charge in [-0.25, -0.2) is 0 Å². The summed E-state index contributed by atoms with van der Waals surface area (Å²) < 4.78 is 26.2. The predicted octanol–water partition coefficient (Wildman–Crippen LogP) is -0.133. The first-order valence-electron chi connectivity index (χ1n) is 4.10. The van der Waals surface area contributed by atoms with Crippen molar-refractivity contribution in [3.8, 4) is 0 Å². The van der Waals surface area contributed by atoms with Crippen molar-refractivity contribution < 1.29 is 17.7 Å². The van der Waals surface area contributed by atoms with Crippen LogP contribution in [0.3, 0.4) is 0 Å². The molecule has 0 aromatic heterocycles. The van der Waals surface area contributed by atoms with Crippen LogP contribution in [-0.2, 0) is 14.3 Å². The Hall–Kier alpha value is 1.51. The molecule has 0 saturated carbocycles. The fourth-order valence-corrected chi connectivity index (χ4v) is 1.42. The van der Waals surface area contributed by atoms with E-state index in [1.165, 1.54) is 0 Å². The first-order chi connectivity index (χ1) is 5.62. The molecule has 0 spiro atoms. The van der Waals surface area contributed by atoms with Crippen molar-refractivity contribution >= 4 is 61.5 Å². The Morgan fingerprint density at radius 3 is 2.38 bits per heavy atom. The van der Waals surface area contributed by atoms with Gasteiger partial charge >= 0.3 is 51.4 Å². The molecule has 6 heteroatoms. The van der Waals surface area contributed by atoms with Gasteiger partial charge in [0.15, 0.2) is 0 Å². The van der Waals surface area contributed by atoms with Gasteiger partial charge in [0.1, 0.15) is 0 Å². The van der Waals surface area contributed by atoms with Gasteiger partial charge < -0.3 is 5.11 Å². The summed E-state index contributed by atoms with van der Waals surface area (Å²) in [6, 6.07) is 0. The van der Waals surface area contributed by atoms with Crippen LogP contribution in [0.15, 0.2) is 0 Å². The van der Waals surface area contributed by atoms with Gasteiger partial charge in [-0.15, -0.1) is 0 Å². The van der Waals surface area contributed by atoms with E-state index in [1.54, 1.807) is 0 Å². The molecule has 76 valence electrons. The maximum atomic E-state index is 10.8. The van der Waals surface area contributed by atoms with Gasteiger partial charge in [0.05, 0.1) is 19.0 Å². The van der Waals surface area contributed by atoms with E-state index in [-0.39, 0.29) is 70.4 Å². The quantitative estimate of drug-likeness (QED) is 0.380. The van der Waals surface area contributed by atoms with Crippen LogP contribution in [0.5, 0.6) is 0 Å². The summed E-state index contributed by atoms with van der Waals surface area (Å²) in [7, 11) is -3.46. The standard InChI is InChI=1S/C7H16O4S.K.H/c1-2-3-4-6-11-12(9,10)7-5-8;;/h8H,2-7H2,1H3;;. The normalized spacial score (nSPS) is 10.9. The molecule has 0 bridgehead atoms. The Labute approximate surface area is 123 Å². The summed E-state index contributed by atoms with van der Waals surface area (Å²) in [5.41, 5.74) is 0. The van der Waals surface area contributed by atoms with Crippen LogP contribution in [0.4, 0.5) is 0 Å². The number of hydrogen-bond acceptors (Lipinski definition) is 4. The molecule has 0 amide bonds. The third-order valence-corrected chi connectivity index (χ3v) is 2.56. The van der Waals surface area contributed by atoms with E-state index in [9.17, 15) is 8.42 Å². The Bertz CT molecular complexity index is 191. The zero-order valence-electron chi connectivity index (χ0n) is 7.32. The molecule has 0 aliphatic heterocycles. The summed E-state index contributed by atoms with van der Waals surface area (Å²) in [5.74, 6) is -0.306. The average molecular weight is 236 g/mol. The van der Waals surface area contributed by atoms with E-state index >= 15 is 0 Å². The Morgan fingerprint density at radius 1 is 1.31 bits per heavy atom. The number of aliphatic hydroxyl groups excluding tert-OH is 1. The van der Waals surface area contributed by atoms with Crippen LogP contribution in [-0.4, -0.2) is 83.9 Å². The average Bonchev–Trinajstić information content (AvgIpc) is 1.98. The molecule has 0 heterocycles. The molecule has 0 aliphatic rings. The van der Waals surface area contributed by atoms with Crippen molar-refractivity contribution in [1.82, 2.24) is 0 Å². The van der Waals surface area contributed by atoms with Crippen LogP contribution < -0.4 is 0 Å². The Balaban J connectivity index is 0. The molecule has 1 N–H and O–H groups in total. The zero-order chi connectivity index (χ0) is 9.45. The first kappa shape index (κ1) is 16.9. The fourth-order valence-electron chi connectivity index (χ4n) is 0.709. The van der Waals surface area contributed by atoms with Crippen molar-refractivity contribution in [2.24, 2.45) is 0 Å². The van der Waals surface area contributed by atoms with E-state index < -0.39 is 10.1 Å². The van der Waals surface area contributed by atoms with Crippen LogP contribution in [0.2, 0.25) is 0 Å². The van der Waals surface area contributed by atoms with Gasteiger partial charge in [-0.3, -0.25) is 4.18 Å². The van der Waals surface area contributed by atoms with E-state index in [1.807, 2.05) is 6.92 Å². The minimum atomic E-state index is -3.46. The van der Waals surface area contributed by atoms with E-state index in [4.69, 9.17) is 5.11 Å². The van der Waals surface area contributed by atoms with Crippen LogP contribution in [0.25, 0.3) is 0 Å². The third kappa shape index (κ3) is 11.4. The monoisotopic (exact) mass is 236 g/mol. The Kier molecular flexibility index (Phi) is 13.1. The van der Waals surface area contributed by atoms with Crippen LogP contribution in [0, 0.1) is 0 Å². The third-order valence-electron chi connectivity index (χ3n) is 1.35. The van der Waals surface area contributed by atoms with Crippen molar-refractivity contribution in [3.63, 3.8) is 0 Å². The van der Waals surface area contributed by atoms with Crippen molar-refractivity contribution in [2.45, 2.75) is 26.2 Å². The molecule has 0 fully saturated rings. The molecule has 13 heavy (non-hydrogen) atoms. The maximum absolute atomic E-state index is 10.8. The second-order valence-electron chi connectivity index (χ2n) is 2.51. The second kappa shape index (κ2) is 10.0. The number of rotatable bonds is 7.